The van der Waals surface area contributed by atoms with E-state index in [4.69, 9.17) is 4.74 Å². The Labute approximate surface area is 123 Å². The number of ether oxygens (including phenoxy) is 1. The molecule has 1 N–H and O–H groups in total. The van der Waals surface area contributed by atoms with Gasteiger partial charge in [-0.05, 0) is 24.6 Å². The maximum atomic E-state index is 5.25. The zero-order valence-electron chi connectivity index (χ0n) is 12.1. The zero-order valence-corrected chi connectivity index (χ0v) is 12.9. The monoisotopic (exact) mass is 292 g/mol. The molecule has 20 heavy (non-hydrogen) atoms. The van der Waals surface area contributed by atoms with Crippen LogP contribution >= 0.6 is 11.3 Å². The number of pyridine rings is 1. The number of nitrogens with one attached hydrogen (secondary N) is 1. The summed E-state index contributed by atoms with van der Waals surface area (Å²) in [6, 6.07) is 3.83. The quantitative estimate of drug-likeness (QED) is 0.794. The molecule has 0 amide bonds. The molecule has 0 aliphatic rings. The Morgan fingerprint density at radius 3 is 2.95 bits per heavy atom. The fraction of sp³-hybridized carbons (Fsp3) is 0.500. The number of hydrogen-bond acceptors (Lipinski definition) is 6. The van der Waals surface area contributed by atoms with Crippen LogP contribution in [0.5, 0.6) is 5.88 Å². The van der Waals surface area contributed by atoms with Crippen molar-refractivity contribution >= 4 is 11.3 Å². The molecule has 0 aliphatic carbocycles. The highest BCUT2D eigenvalue weighted by Gasteiger charge is 2.12. The van der Waals surface area contributed by atoms with Gasteiger partial charge < -0.3 is 10.1 Å². The predicted octanol–water partition coefficient (Wildman–Crippen LogP) is 2.40. The van der Waals surface area contributed by atoms with Gasteiger partial charge in [0.25, 0.3) is 0 Å². The summed E-state index contributed by atoms with van der Waals surface area (Å²) in [5.74, 6) is 1.26. The molecule has 0 bridgehead atoms. The molecular weight excluding hydrogens is 272 g/mol. The molecule has 0 atom stereocenters. The molecule has 0 unspecified atom stereocenters. The number of rotatable bonds is 7. The molecule has 2 heterocycles. The first-order valence-corrected chi connectivity index (χ1v) is 7.55. The van der Waals surface area contributed by atoms with Crippen molar-refractivity contribution in [2.75, 3.05) is 20.2 Å². The normalized spacial score (nSPS) is 11.0. The third-order valence-electron chi connectivity index (χ3n) is 2.73. The van der Waals surface area contributed by atoms with Crippen LogP contribution in [0.25, 0.3) is 10.6 Å². The Bertz CT molecular complexity index is 541. The molecule has 0 saturated carbocycles. The maximum absolute atomic E-state index is 5.25. The van der Waals surface area contributed by atoms with E-state index >= 15 is 0 Å². The van der Waals surface area contributed by atoms with Gasteiger partial charge in [0, 0.05) is 19.2 Å². The molecular formula is C14H20N4OS. The van der Waals surface area contributed by atoms with Gasteiger partial charge in [-0.1, -0.05) is 25.2 Å². The lowest BCUT2D eigenvalue weighted by Crippen LogP contribution is -2.22. The van der Waals surface area contributed by atoms with Crippen LogP contribution in [0.3, 0.4) is 0 Å². The van der Waals surface area contributed by atoms with Crippen LogP contribution in [0.1, 0.15) is 18.9 Å². The van der Waals surface area contributed by atoms with Crippen molar-refractivity contribution in [2.45, 2.75) is 20.3 Å². The molecule has 0 spiro atoms. The molecule has 6 heteroatoms. The Morgan fingerprint density at radius 1 is 1.35 bits per heavy atom. The van der Waals surface area contributed by atoms with E-state index in [1.165, 1.54) is 0 Å². The molecule has 108 valence electrons. The van der Waals surface area contributed by atoms with E-state index in [9.17, 15) is 0 Å². The van der Waals surface area contributed by atoms with E-state index in [1.807, 2.05) is 12.1 Å². The summed E-state index contributed by atoms with van der Waals surface area (Å²) in [5, 5.41) is 13.8. The van der Waals surface area contributed by atoms with Crippen LogP contribution < -0.4 is 10.1 Å². The summed E-state index contributed by atoms with van der Waals surface area (Å²) in [4.78, 5) is 4.18. The summed E-state index contributed by atoms with van der Waals surface area (Å²) in [6.45, 7) is 6.36. The van der Waals surface area contributed by atoms with Crippen molar-refractivity contribution < 1.29 is 4.74 Å². The van der Waals surface area contributed by atoms with E-state index in [1.54, 1.807) is 24.6 Å². The van der Waals surface area contributed by atoms with E-state index in [0.29, 0.717) is 11.8 Å². The summed E-state index contributed by atoms with van der Waals surface area (Å²) < 4.78 is 5.25. The van der Waals surface area contributed by atoms with E-state index in [2.05, 4.69) is 34.3 Å². The van der Waals surface area contributed by atoms with E-state index < -0.39 is 0 Å². The van der Waals surface area contributed by atoms with Crippen molar-refractivity contribution in [3.05, 3.63) is 23.3 Å². The topological polar surface area (TPSA) is 59.9 Å². The van der Waals surface area contributed by atoms with Crippen LogP contribution in [0.2, 0.25) is 0 Å². The minimum Gasteiger partial charge on any atom is -0.480 e. The Morgan fingerprint density at radius 2 is 2.20 bits per heavy atom. The van der Waals surface area contributed by atoms with Gasteiger partial charge in [0.05, 0.1) is 12.7 Å². The highest BCUT2D eigenvalue weighted by atomic mass is 32.1. The lowest BCUT2D eigenvalue weighted by atomic mass is 10.2. The minimum absolute atomic E-state index is 0.591. The third kappa shape index (κ3) is 3.98. The van der Waals surface area contributed by atoms with Crippen LogP contribution in [-0.4, -0.2) is 35.4 Å². The molecule has 5 nitrogen and oxygen atoms in total. The van der Waals surface area contributed by atoms with Crippen molar-refractivity contribution in [1.82, 2.24) is 20.5 Å². The lowest BCUT2D eigenvalue weighted by molar-refractivity contribution is 0.399. The van der Waals surface area contributed by atoms with E-state index in [-0.39, 0.29) is 0 Å². The summed E-state index contributed by atoms with van der Waals surface area (Å²) in [7, 11) is 1.61. The van der Waals surface area contributed by atoms with Crippen molar-refractivity contribution in [2.24, 2.45) is 5.92 Å². The molecule has 0 radical (unpaired) electrons. The highest BCUT2D eigenvalue weighted by molar-refractivity contribution is 7.14. The lowest BCUT2D eigenvalue weighted by Gasteiger charge is -2.05. The third-order valence-corrected chi connectivity index (χ3v) is 3.75. The Kier molecular flexibility index (Phi) is 5.43. The molecule has 0 aliphatic heterocycles. The maximum Gasteiger partial charge on any atom is 0.223 e. The number of aromatic nitrogens is 3. The second-order valence-corrected chi connectivity index (χ2v) is 5.97. The van der Waals surface area contributed by atoms with Crippen LogP contribution in [-0.2, 0) is 6.42 Å². The fourth-order valence-electron chi connectivity index (χ4n) is 1.77. The summed E-state index contributed by atoms with van der Waals surface area (Å²) in [6.07, 6.45) is 2.60. The Hall–Kier alpha value is -1.53. The first-order valence-electron chi connectivity index (χ1n) is 6.73. The summed E-state index contributed by atoms with van der Waals surface area (Å²) >= 11 is 1.59. The first-order chi connectivity index (χ1) is 9.70. The van der Waals surface area contributed by atoms with Gasteiger partial charge in [-0.2, -0.15) is 0 Å². The Balaban J connectivity index is 1.98. The van der Waals surface area contributed by atoms with Gasteiger partial charge in [-0.15, -0.1) is 10.2 Å². The zero-order chi connectivity index (χ0) is 14.4. The molecule has 0 saturated heterocycles. The standard InChI is InChI=1S/C14H20N4OS/c1-10(2)9-15-8-6-12-17-18-14(20-12)11-5-4-7-16-13(11)19-3/h4-5,7,10,15H,6,8-9H2,1-3H3. The van der Waals surface area contributed by atoms with Crippen LogP contribution in [0.4, 0.5) is 0 Å². The number of hydrogen-bond donors (Lipinski definition) is 1. The van der Waals surface area contributed by atoms with Crippen LogP contribution in [0.15, 0.2) is 18.3 Å². The highest BCUT2D eigenvalue weighted by Crippen LogP contribution is 2.29. The molecule has 2 aromatic heterocycles. The van der Waals surface area contributed by atoms with Gasteiger partial charge in [0.1, 0.15) is 5.01 Å². The average Bonchev–Trinajstić information content (AvgIpc) is 2.92. The van der Waals surface area contributed by atoms with Crippen molar-refractivity contribution in [3.8, 4) is 16.5 Å². The van der Waals surface area contributed by atoms with Crippen LogP contribution in [0, 0.1) is 5.92 Å². The molecule has 2 rings (SSSR count). The minimum atomic E-state index is 0.591. The number of methoxy groups -OCH3 is 1. The second kappa shape index (κ2) is 7.31. The van der Waals surface area contributed by atoms with Gasteiger partial charge in [-0.25, -0.2) is 4.98 Å². The van der Waals surface area contributed by atoms with Gasteiger partial charge in [0.2, 0.25) is 5.88 Å². The summed E-state index contributed by atoms with van der Waals surface area (Å²) in [5.41, 5.74) is 0.897. The first kappa shape index (κ1) is 14.9. The average molecular weight is 292 g/mol. The fourth-order valence-corrected chi connectivity index (χ4v) is 2.62. The molecule has 0 fully saturated rings. The largest absolute Gasteiger partial charge is 0.480 e. The second-order valence-electron chi connectivity index (χ2n) is 4.91. The van der Waals surface area contributed by atoms with Gasteiger partial charge >= 0.3 is 0 Å². The van der Waals surface area contributed by atoms with Crippen molar-refractivity contribution in [1.29, 1.82) is 0 Å². The predicted molar refractivity (Wildman–Crippen MR) is 81.1 cm³/mol. The molecule has 0 aromatic carbocycles. The van der Waals surface area contributed by atoms with Gasteiger partial charge in [-0.3, -0.25) is 0 Å². The van der Waals surface area contributed by atoms with E-state index in [0.717, 1.165) is 35.1 Å². The number of nitrogens with zero attached hydrogens (tertiary/aromatic N) is 3. The smallest absolute Gasteiger partial charge is 0.223 e. The van der Waals surface area contributed by atoms with Crippen molar-refractivity contribution in [3.63, 3.8) is 0 Å². The molecule has 2 aromatic rings. The van der Waals surface area contributed by atoms with Gasteiger partial charge in [0.15, 0.2) is 5.01 Å². The SMILES string of the molecule is COc1ncccc1-c1nnc(CCNCC(C)C)s1.